The number of nitriles is 1. The van der Waals surface area contributed by atoms with E-state index in [0.717, 1.165) is 5.56 Å². The lowest BCUT2D eigenvalue weighted by atomic mass is 10.2. The van der Waals surface area contributed by atoms with Crippen LogP contribution in [0.3, 0.4) is 0 Å². The minimum Gasteiger partial charge on any atom is -0.382 e. The number of aryl methyl sites for hydroxylation is 1. The molecular formula is C10H10N8. The van der Waals surface area contributed by atoms with Gasteiger partial charge in [-0.3, -0.25) is 10.8 Å². The van der Waals surface area contributed by atoms with Crippen molar-refractivity contribution in [3.63, 3.8) is 0 Å². The van der Waals surface area contributed by atoms with E-state index in [9.17, 15) is 0 Å². The summed E-state index contributed by atoms with van der Waals surface area (Å²) in [5.41, 5.74) is 10.5. The van der Waals surface area contributed by atoms with E-state index in [1.807, 2.05) is 19.1 Å². The molecule has 0 amide bonds. The van der Waals surface area contributed by atoms with Gasteiger partial charge < -0.3 is 5.73 Å². The Kier molecular flexibility index (Phi) is 2.89. The van der Waals surface area contributed by atoms with Crippen molar-refractivity contribution in [1.82, 2.24) is 15.4 Å². The molecular weight excluding hydrogens is 232 g/mol. The van der Waals surface area contributed by atoms with Gasteiger partial charge >= 0.3 is 0 Å². The number of nitrogens with one attached hydrogen (secondary N) is 3. The van der Waals surface area contributed by atoms with Gasteiger partial charge in [-0.1, -0.05) is 6.07 Å². The zero-order valence-electron chi connectivity index (χ0n) is 9.52. The molecule has 1 aromatic heterocycles. The first-order valence-corrected chi connectivity index (χ1v) is 5.01. The summed E-state index contributed by atoms with van der Waals surface area (Å²) in [6, 6.07) is 5.40. The number of nitrogens with two attached hydrogens (primary N) is 1. The molecule has 90 valence electrons. The Morgan fingerprint density at radius 3 is 3.00 bits per heavy atom. The molecule has 18 heavy (non-hydrogen) atoms. The number of aromatic amines is 1. The lowest BCUT2D eigenvalue weighted by Crippen LogP contribution is -2.22. The van der Waals surface area contributed by atoms with Crippen LogP contribution in [0.4, 0.5) is 5.69 Å². The van der Waals surface area contributed by atoms with Crippen LogP contribution in [0.25, 0.3) is 11.0 Å². The highest BCUT2D eigenvalue weighted by atomic mass is 15.3. The van der Waals surface area contributed by atoms with Gasteiger partial charge in [0.2, 0.25) is 5.71 Å². The van der Waals surface area contributed by atoms with E-state index in [1.54, 1.807) is 6.07 Å². The predicted molar refractivity (Wildman–Crippen MR) is 67.2 cm³/mol. The Morgan fingerprint density at radius 1 is 1.56 bits per heavy atom. The molecule has 0 fully saturated rings. The first kappa shape index (κ1) is 11.5. The minimum absolute atomic E-state index is 0.185. The molecule has 0 unspecified atom stereocenters. The SMILES string of the molecule is Cc1ccc2n[nH]nc2c1N/N=C(\C#N)C(=N)N. The van der Waals surface area contributed by atoms with Gasteiger partial charge in [-0.05, 0) is 18.6 Å². The van der Waals surface area contributed by atoms with Crippen LogP contribution in [0.5, 0.6) is 0 Å². The van der Waals surface area contributed by atoms with Crippen LogP contribution in [-0.2, 0) is 0 Å². The molecule has 0 spiro atoms. The first-order valence-electron chi connectivity index (χ1n) is 5.01. The van der Waals surface area contributed by atoms with Crippen molar-refractivity contribution in [1.29, 1.82) is 10.7 Å². The van der Waals surface area contributed by atoms with E-state index in [1.165, 1.54) is 0 Å². The number of aromatic nitrogens is 3. The van der Waals surface area contributed by atoms with Gasteiger partial charge in [0, 0.05) is 0 Å². The predicted octanol–water partition coefficient (Wildman–Crippen LogP) is 0.494. The second kappa shape index (κ2) is 4.50. The number of benzene rings is 1. The monoisotopic (exact) mass is 242 g/mol. The number of anilines is 1. The van der Waals surface area contributed by atoms with Crippen LogP contribution in [0.1, 0.15) is 5.56 Å². The molecule has 0 bridgehead atoms. The molecule has 0 aliphatic carbocycles. The van der Waals surface area contributed by atoms with Crippen LogP contribution in [0.15, 0.2) is 17.2 Å². The topological polar surface area (TPSA) is 140 Å². The van der Waals surface area contributed by atoms with Gasteiger partial charge in [-0.25, -0.2) is 0 Å². The van der Waals surface area contributed by atoms with E-state index in [0.29, 0.717) is 16.7 Å². The average Bonchev–Trinajstić information content (AvgIpc) is 2.80. The Hall–Kier alpha value is -2.95. The number of hydrogen-bond acceptors (Lipinski definition) is 6. The maximum absolute atomic E-state index is 8.74. The summed E-state index contributed by atoms with van der Waals surface area (Å²) >= 11 is 0. The second-order valence-electron chi connectivity index (χ2n) is 3.55. The van der Waals surface area contributed by atoms with Crippen LogP contribution < -0.4 is 11.2 Å². The molecule has 0 aliphatic rings. The lowest BCUT2D eigenvalue weighted by Gasteiger charge is -2.05. The normalized spacial score (nSPS) is 11.2. The summed E-state index contributed by atoms with van der Waals surface area (Å²) in [7, 11) is 0. The van der Waals surface area contributed by atoms with Crippen LogP contribution >= 0.6 is 0 Å². The Morgan fingerprint density at radius 2 is 2.33 bits per heavy atom. The molecule has 0 radical (unpaired) electrons. The van der Waals surface area contributed by atoms with Gasteiger partial charge in [-0.15, -0.1) is 0 Å². The van der Waals surface area contributed by atoms with Crippen molar-refractivity contribution in [2.24, 2.45) is 10.8 Å². The third-order valence-corrected chi connectivity index (χ3v) is 2.34. The average molecular weight is 242 g/mol. The molecule has 1 heterocycles. The summed E-state index contributed by atoms with van der Waals surface area (Å²) in [5.74, 6) is -0.394. The number of fused-ring (bicyclic) bond motifs is 1. The molecule has 1 aromatic carbocycles. The van der Waals surface area contributed by atoms with Gasteiger partial charge in [0.05, 0.1) is 5.69 Å². The summed E-state index contributed by atoms with van der Waals surface area (Å²) in [6.45, 7) is 1.87. The molecule has 8 nitrogen and oxygen atoms in total. The lowest BCUT2D eigenvalue weighted by molar-refractivity contribution is 0.959. The molecule has 0 saturated heterocycles. The van der Waals surface area contributed by atoms with E-state index in [4.69, 9.17) is 16.4 Å². The zero-order valence-corrected chi connectivity index (χ0v) is 9.52. The van der Waals surface area contributed by atoms with Crippen LogP contribution in [-0.4, -0.2) is 27.0 Å². The third-order valence-electron chi connectivity index (χ3n) is 2.34. The second-order valence-corrected chi connectivity index (χ2v) is 3.55. The molecule has 5 N–H and O–H groups in total. The molecule has 0 atom stereocenters. The molecule has 2 rings (SSSR count). The number of nitrogens with zero attached hydrogens (tertiary/aromatic N) is 4. The standard InChI is InChI=1S/C10H10N8/c1-5-2-3-6-9(17-18-15-6)8(5)16-14-7(4-11)10(12)13/h2-3,16H,1H3,(H3,12,13)(H,15,17,18)/b14-7+. The number of rotatable bonds is 3. The summed E-state index contributed by atoms with van der Waals surface area (Å²) in [4.78, 5) is 0. The van der Waals surface area contributed by atoms with E-state index >= 15 is 0 Å². The number of amidine groups is 1. The molecule has 8 heteroatoms. The van der Waals surface area contributed by atoms with E-state index < -0.39 is 5.84 Å². The maximum atomic E-state index is 8.74. The number of H-pyrrole nitrogens is 1. The fourth-order valence-corrected chi connectivity index (χ4v) is 1.41. The fourth-order valence-electron chi connectivity index (χ4n) is 1.41. The summed E-state index contributed by atoms with van der Waals surface area (Å²) < 4.78 is 0. The van der Waals surface area contributed by atoms with Crippen molar-refractivity contribution in [3.8, 4) is 6.07 Å². The van der Waals surface area contributed by atoms with Gasteiger partial charge in [0.15, 0.2) is 5.84 Å². The third kappa shape index (κ3) is 1.97. The molecule has 0 saturated carbocycles. The number of hydrogen-bond donors (Lipinski definition) is 4. The van der Waals surface area contributed by atoms with Crippen LogP contribution in [0.2, 0.25) is 0 Å². The van der Waals surface area contributed by atoms with Gasteiger partial charge in [-0.2, -0.15) is 25.8 Å². The quantitative estimate of drug-likeness (QED) is 0.352. The molecule has 2 aromatic rings. The van der Waals surface area contributed by atoms with Gasteiger partial charge in [0.25, 0.3) is 0 Å². The number of hydrazone groups is 1. The van der Waals surface area contributed by atoms with E-state index in [2.05, 4.69) is 25.9 Å². The van der Waals surface area contributed by atoms with E-state index in [-0.39, 0.29) is 5.71 Å². The van der Waals surface area contributed by atoms with Crippen molar-refractivity contribution in [2.75, 3.05) is 5.43 Å². The smallest absolute Gasteiger partial charge is 0.201 e. The minimum atomic E-state index is -0.394. The van der Waals surface area contributed by atoms with Crippen molar-refractivity contribution < 1.29 is 0 Å². The largest absolute Gasteiger partial charge is 0.382 e. The zero-order chi connectivity index (χ0) is 13.1. The Bertz CT molecular complexity index is 675. The highest BCUT2D eigenvalue weighted by molar-refractivity contribution is 6.45. The maximum Gasteiger partial charge on any atom is 0.201 e. The Labute approximate surface area is 102 Å². The highest BCUT2D eigenvalue weighted by Gasteiger charge is 2.08. The van der Waals surface area contributed by atoms with Crippen molar-refractivity contribution in [3.05, 3.63) is 17.7 Å². The fraction of sp³-hybridized carbons (Fsp3) is 0.100. The highest BCUT2D eigenvalue weighted by Crippen LogP contribution is 2.23. The summed E-state index contributed by atoms with van der Waals surface area (Å²) in [6.07, 6.45) is 0. The first-order chi connectivity index (χ1) is 8.63. The summed E-state index contributed by atoms with van der Waals surface area (Å²) in [5, 5.41) is 30.1. The molecule has 0 aliphatic heterocycles. The van der Waals surface area contributed by atoms with Gasteiger partial charge in [0.1, 0.15) is 17.1 Å². The van der Waals surface area contributed by atoms with Crippen LogP contribution in [0, 0.1) is 23.7 Å². The Balaban J connectivity index is 2.43. The van der Waals surface area contributed by atoms with Crippen molar-refractivity contribution >= 4 is 28.3 Å². The van der Waals surface area contributed by atoms with Crippen molar-refractivity contribution in [2.45, 2.75) is 6.92 Å².